The standard InChI is InChI=1S/C20H16ClN3O4/c1-12-17(14(11-22)19(27-12)24-9-5-6-10-24)20(26)28-13(2)18(25)23-16-8-4-3-7-15(16)21/h3-10,13H,1-2H3,(H,23,25)/t13-/m1/s1. The molecule has 8 heteroatoms. The summed E-state index contributed by atoms with van der Waals surface area (Å²) >= 11 is 6.01. The van der Waals surface area contributed by atoms with Crippen LogP contribution in [0.4, 0.5) is 5.69 Å². The molecule has 0 aliphatic carbocycles. The van der Waals surface area contributed by atoms with Gasteiger partial charge in [0.15, 0.2) is 6.10 Å². The number of amides is 1. The Hall–Kier alpha value is -3.50. The molecule has 3 rings (SSSR count). The number of furan rings is 1. The fourth-order valence-corrected chi connectivity index (χ4v) is 2.78. The molecule has 2 heterocycles. The first kappa shape index (κ1) is 19.3. The molecule has 0 unspecified atom stereocenters. The Balaban J connectivity index is 1.79. The van der Waals surface area contributed by atoms with Gasteiger partial charge in [-0.15, -0.1) is 0 Å². The zero-order chi connectivity index (χ0) is 20.3. The predicted octanol–water partition coefficient (Wildman–Crippen LogP) is 4.09. The number of carbonyl (C=O) groups is 2. The predicted molar refractivity (Wildman–Crippen MR) is 102 cm³/mol. The molecule has 2 aromatic heterocycles. The first-order valence-corrected chi connectivity index (χ1v) is 8.73. The Kier molecular flexibility index (Phi) is 5.52. The molecule has 3 aromatic rings. The maximum absolute atomic E-state index is 12.6. The number of aryl methyl sites for hydroxylation is 1. The summed E-state index contributed by atoms with van der Waals surface area (Å²) in [6, 6.07) is 12.2. The van der Waals surface area contributed by atoms with Gasteiger partial charge in [0.25, 0.3) is 5.91 Å². The lowest BCUT2D eigenvalue weighted by Gasteiger charge is -2.14. The average molecular weight is 398 g/mol. The molecule has 142 valence electrons. The number of halogens is 1. The van der Waals surface area contributed by atoms with Crippen LogP contribution in [-0.4, -0.2) is 22.5 Å². The number of ether oxygens (including phenoxy) is 1. The minimum atomic E-state index is -1.11. The summed E-state index contributed by atoms with van der Waals surface area (Å²) in [7, 11) is 0. The van der Waals surface area contributed by atoms with Crippen molar-refractivity contribution in [3.05, 3.63) is 70.7 Å². The number of benzene rings is 1. The fourth-order valence-electron chi connectivity index (χ4n) is 2.60. The molecule has 0 spiro atoms. The van der Waals surface area contributed by atoms with Crippen molar-refractivity contribution in [2.75, 3.05) is 5.32 Å². The summed E-state index contributed by atoms with van der Waals surface area (Å²) in [5, 5.41) is 12.5. The van der Waals surface area contributed by atoms with E-state index in [9.17, 15) is 14.9 Å². The number of nitriles is 1. The number of aromatic nitrogens is 1. The van der Waals surface area contributed by atoms with Crippen LogP contribution in [0.2, 0.25) is 5.02 Å². The van der Waals surface area contributed by atoms with E-state index in [4.69, 9.17) is 20.8 Å². The molecule has 0 aliphatic heterocycles. The quantitative estimate of drug-likeness (QED) is 0.654. The zero-order valence-electron chi connectivity index (χ0n) is 15.1. The molecule has 0 aliphatic rings. The number of rotatable bonds is 5. The van der Waals surface area contributed by atoms with Crippen molar-refractivity contribution in [1.29, 1.82) is 5.26 Å². The van der Waals surface area contributed by atoms with Gasteiger partial charge in [0.1, 0.15) is 23.0 Å². The Labute approximate surface area is 166 Å². The van der Waals surface area contributed by atoms with Crippen LogP contribution < -0.4 is 5.32 Å². The minimum absolute atomic E-state index is 0.0106. The maximum atomic E-state index is 12.6. The topological polar surface area (TPSA) is 97.3 Å². The fraction of sp³-hybridized carbons (Fsp3) is 0.150. The smallest absolute Gasteiger partial charge is 0.343 e. The first-order valence-electron chi connectivity index (χ1n) is 8.35. The van der Waals surface area contributed by atoms with Gasteiger partial charge >= 0.3 is 5.97 Å². The Morgan fingerprint density at radius 3 is 2.57 bits per heavy atom. The van der Waals surface area contributed by atoms with Crippen molar-refractivity contribution in [3.8, 4) is 12.0 Å². The lowest BCUT2D eigenvalue weighted by molar-refractivity contribution is -0.123. The SMILES string of the molecule is Cc1oc(-n2cccc2)c(C#N)c1C(=O)O[C@H](C)C(=O)Nc1ccccc1Cl. The number of carbonyl (C=O) groups excluding carboxylic acids is 2. The third-order valence-electron chi connectivity index (χ3n) is 4.01. The van der Waals surface area contributed by atoms with E-state index in [2.05, 4.69) is 5.32 Å². The number of nitrogens with zero attached hydrogens (tertiary/aromatic N) is 2. The van der Waals surface area contributed by atoms with E-state index >= 15 is 0 Å². The lowest BCUT2D eigenvalue weighted by atomic mass is 10.1. The second-order valence-corrected chi connectivity index (χ2v) is 6.34. The molecule has 0 saturated heterocycles. The van der Waals surface area contributed by atoms with Gasteiger partial charge in [0.05, 0.1) is 10.7 Å². The van der Waals surface area contributed by atoms with Gasteiger partial charge < -0.3 is 14.5 Å². The van der Waals surface area contributed by atoms with Crippen LogP contribution in [0, 0.1) is 18.3 Å². The monoisotopic (exact) mass is 397 g/mol. The molecule has 0 radical (unpaired) electrons. The van der Waals surface area contributed by atoms with E-state index < -0.39 is 18.0 Å². The third kappa shape index (κ3) is 3.77. The highest BCUT2D eigenvalue weighted by molar-refractivity contribution is 6.33. The van der Waals surface area contributed by atoms with Gasteiger partial charge in [0.2, 0.25) is 5.88 Å². The maximum Gasteiger partial charge on any atom is 0.343 e. The first-order chi connectivity index (χ1) is 13.4. The number of hydrogen-bond donors (Lipinski definition) is 1. The summed E-state index contributed by atoms with van der Waals surface area (Å²) in [5.41, 5.74) is 0.435. The summed E-state index contributed by atoms with van der Waals surface area (Å²) in [6.07, 6.45) is 2.27. The molecule has 28 heavy (non-hydrogen) atoms. The van der Waals surface area contributed by atoms with Crippen LogP contribution >= 0.6 is 11.6 Å². The number of anilines is 1. The molecule has 1 N–H and O–H groups in total. The summed E-state index contributed by atoms with van der Waals surface area (Å²) in [6.45, 7) is 2.98. The van der Waals surface area contributed by atoms with Gasteiger partial charge in [-0.1, -0.05) is 23.7 Å². The van der Waals surface area contributed by atoms with Gasteiger partial charge in [-0.3, -0.25) is 9.36 Å². The van der Waals surface area contributed by atoms with Crippen molar-refractivity contribution in [2.45, 2.75) is 20.0 Å². The van der Waals surface area contributed by atoms with E-state index in [1.807, 2.05) is 6.07 Å². The molecular formula is C20H16ClN3O4. The van der Waals surface area contributed by atoms with Crippen LogP contribution in [0.1, 0.15) is 28.6 Å². The molecule has 7 nitrogen and oxygen atoms in total. The normalized spacial score (nSPS) is 11.5. The average Bonchev–Trinajstić information content (AvgIpc) is 3.30. The Morgan fingerprint density at radius 2 is 1.93 bits per heavy atom. The van der Waals surface area contributed by atoms with Gasteiger partial charge in [0, 0.05) is 12.4 Å². The summed E-state index contributed by atoms with van der Waals surface area (Å²) in [4.78, 5) is 24.9. The van der Waals surface area contributed by atoms with E-state index in [1.54, 1.807) is 60.3 Å². The van der Waals surface area contributed by atoms with E-state index in [0.717, 1.165) is 0 Å². The lowest BCUT2D eigenvalue weighted by Crippen LogP contribution is -2.30. The van der Waals surface area contributed by atoms with Crippen LogP contribution in [0.15, 0.2) is 53.2 Å². The van der Waals surface area contributed by atoms with Gasteiger partial charge in [-0.2, -0.15) is 5.26 Å². The van der Waals surface area contributed by atoms with Crippen molar-refractivity contribution in [3.63, 3.8) is 0 Å². The second-order valence-electron chi connectivity index (χ2n) is 5.93. The summed E-state index contributed by atoms with van der Waals surface area (Å²) in [5.74, 6) is -0.932. The molecule has 1 atom stereocenters. The molecule has 0 bridgehead atoms. The highest BCUT2D eigenvalue weighted by Gasteiger charge is 2.28. The minimum Gasteiger partial charge on any atom is -0.449 e. The van der Waals surface area contributed by atoms with Crippen molar-refractivity contribution >= 4 is 29.2 Å². The van der Waals surface area contributed by atoms with Crippen LogP contribution in [-0.2, 0) is 9.53 Å². The van der Waals surface area contributed by atoms with Crippen LogP contribution in [0.3, 0.4) is 0 Å². The Morgan fingerprint density at radius 1 is 1.25 bits per heavy atom. The number of para-hydroxylation sites is 1. The Bertz CT molecular complexity index is 1060. The third-order valence-corrected chi connectivity index (χ3v) is 4.33. The summed E-state index contributed by atoms with van der Waals surface area (Å²) < 4.78 is 12.4. The largest absolute Gasteiger partial charge is 0.449 e. The van der Waals surface area contributed by atoms with Crippen molar-refractivity contribution in [2.24, 2.45) is 0 Å². The van der Waals surface area contributed by atoms with E-state index in [0.29, 0.717) is 10.7 Å². The van der Waals surface area contributed by atoms with Crippen molar-refractivity contribution in [1.82, 2.24) is 4.57 Å². The van der Waals surface area contributed by atoms with Crippen LogP contribution in [0.5, 0.6) is 0 Å². The van der Waals surface area contributed by atoms with Gasteiger partial charge in [-0.25, -0.2) is 4.79 Å². The number of esters is 1. The molecular weight excluding hydrogens is 382 g/mol. The molecule has 1 amide bonds. The van der Waals surface area contributed by atoms with Crippen LogP contribution in [0.25, 0.3) is 5.88 Å². The zero-order valence-corrected chi connectivity index (χ0v) is 15.9. The number of nitrogens with one attached hydrogen (secondary N) is 1. The molecule has 0 saturated carbocycles. The highest BCUT2D eigenvalue weighted by atomic mass is 35.5. The number of hydrogen-bond acceptors (Lipinski definition) is 5. The van der Waals surface area contributed by atoms with E-state index in [1.165, 1.54) is 6.92 Å². The van der Waals surface area contributed by atoms with Crippen molar-refractivity contribution < 1.29 is 18.7 Å². The second kappa shape index (κ2) is 8.03. The van der Waals surface area contributed by atoms with E-state index in [-0.39, 0.29) is 22.8 Å². The van der Waals surface area contributed by atoms with Gasteiger partial charge in [-0.05, 0) is 38.1 Å². The molecule has 0 fully saturated rings. The molecule has 1 aromatic carbocycles. The highest BCUT2D eigenvalue weighted by Crippen LogP contribution is 2.27.